The SMILES string of the molecule is C[C@H](N)C(=O)N1CCN(c2cnc(Sc3ccnc(N)c3Cl)c(N)n2)CC1. The van der Waals surface area contributed by atoms with Crippen molar-refractivity contribution >= 4 is 46.7 Å². The van der Waals surface area contributed by atoms with Gasteiger partial charge < -0.3 is 27.0 Å². The second kappa shape index (κ2) is 8.15. The van der Waals surface area contributed by atoms with Gasteiger partial charge in [0, 0.05) is 37.3 Å². The molecule has 0 aromatic carbocycles. The van der Waals surface area contributed by atoms with E-state index in [-0.39, 0.29) is 11.7 Å². The van der Waals surface area contributed by atoms with E-state index in [1.54, 1.807) is 30.3 Å². The summed E-state index contributed by atoms with van der Waals surface area (Å²) in [6, 6.07) is 1.25. The quantitative estimate of drug-likeness (QED) is 0.670. The number of carbonyl (C=O) groups excluding carboxylic acids is 1. The molecular weight excluding hydrogens is 388 g/mol. The summed E-state index contributed by atoms with van der Waals surface area (Å²) in [6.45, 7) is 4.16. The monoisotopic (exact) mass is 408 g/mol. The van der Waals surface area contributed by atoms with Crippen molar-refractivity contribution in [3.8, 4) is 0 Å². The van der Waals surface area contributed by atoms with Gasteiger partial charge in [-0.3, -0.25) is 4.79 Å². The van der Waals surface area contributed by atoms with Gasteiger partial charge in [-0.05, 0) is 13.0 Å². The number of pyridine rings is 1. The molecule has 11 heteroatoms. The summed E-state index contributed by atoms with van der Waals surface area (Å²) in [6.07, 6.45) is 3.24. The minimum absolute atomic E-state index is 0.0412. The van der Waals surface area contributed by atoms with Crippen LogP contribution in [0.4, 0.5) is 17.5 Å². The first-order chi connectivity index (χ1) is 12.9. The Bertz CT molecular complexity index is 841. The van der Waals surface area contributed by atoms with E-state index in [0.717, 1.165) is 0 Å². The van der Waals surface area contributed by atoms with Crippen LogP contribution >= 0.6 is 23.4 Å². The molecule has 1 saturated heterocycles. The Morgan fingerprint density at radius 3 is 2.56 bits per heavy atom. The number of halogens is 1. The molecule has 0 bridgehead atoms. The lowest BCUT2D eigenvalue weighted by molar-refractivity contribution is -0.132. The van der Waals surface area contributed by atoms with Gasteiger partial charge in [0.2, 0.25) is 5.91 Å². The second-order valence-electron chi connectivity index (χ2n) is 6.13. The van der Waals surface area contributed by atoms with Crippen molar-refractivity contribution in [3.05, 3.63) is 23.5 Å². The number of aromatic nitrogens is 3. The van der Waals surface area contributed by atoms with E-state index in [1.807, 2.05) is 4.90 Å². The molecule has 27 heavy (non-hydrogen) atoms. The van der Waals surface area contributed by atoms with Crippen molar-refractivity contribution in [3.63, 3.8) is 0 Å². The molecule has 1 aliphatic heterocycles. The van der Waals surface area contributed by atoms with Crippen LogP contribution in [0.25, 0.3) is 0 Å². The number of nitrogen functional groups attached to an aromatic ring is 2. The molecule has 0 aliphatic carbocycles. The predicted octanol–water partition coefficient (Wildman–Crippen LogP) is 0.836. The molecule has 2 aromatic rings. The third kappa shape index (κ3) is 4.34. The van der Waals surface area contributed by atoms with Gasteiger partial charge in [0.15, 0.2) is 5.82 Å². The average molecular weight is 409 g/mol. The predicted molar refractivity (Wildman–Crippen MR) is 107 cm³/mol. The van der Waals surface area contributed by atoms with Crippen LogP contribution in [0.5, 0.6) is 0 Å². The highest BCUT2D eigenvalue weighted by Crippen LogP contribution is 2.36. The van der Waals surface area contributed by atoms with Gasteiger partial charge >= 0.3 is 0 Å². The van der Waals surface area contributed by atoms with E-state index in [0.29, 0.717) is 52.8 Å². The van der Waals surface area contributed by atoms with E-state index in [2.05, 4.69) is 15.0 Å². The average Bonchev–Trinajstić information content (AvgIpc) is 2.66. The fourth-order valence-electron chi connectivity index (χ4n) is 2.68. The van der Waals surface area contributed by atoms with Gasteiger partial charge in [0.1, 0.15) is 16.7 Å². The van der Waals surface area contributed by atoms with Crippen molar-refractivity contribution in [2.24, 2.45) is 5.73 Å². The summed E-state index contributed by atoms with van der Waals surface area (Å²) in [4.78, 5) is 29.3. The number of piperazine rings is 1. The summed E-state index contributed by atoms with van der Waals surface area (Å²) in [5.41, 5.74) is 17.5. The van der Waals surface area contributed by atoms with E-state index in [4.69, 9.17) is 28.8 Å². The van der Waals surface area contributed by atoms with Crippen molar-refractivity contribution in [2.45, 2.75) is 22.9 Å². The number of hydrogen-bond donors (Lipinski definition) is 3. The fraction of sp³-hybridized carbons (Fsp3) is 0.375. The van der Waals surface area contributed by atoms with Gasteiger partial charge in [-0.2, -0.15) is 0 Å². The minimum Gasteiger partial charge on any atom is -0.382 e. The van der Waals surface area contributed by atoms with Crippen LogP contribution in [-0.2, 0) is 4.79 Å². The number of carbonyl (C=O) groups is 1. The first-order valence-electron chi connectivity index (χ1n) is 8.36. The molecule has 1 aliphatic rings. The lowest BCUT2D eigenvalue weighted by atomic mass is 10.2. The third-order valence-corrected chi connectivity index (χ3v) is 5.72. The number of nitrogens with two attached hydrogens (primary N) is 3. The normalized spacial score (nSPS) is 15.7. The molecule has 6 N–H and O–H groups in total. The van der Waals surface area contributed by atoms with Gasteiger partial charge in [-0.15, -0.1) is 0 Å². The number of amides is 1. The molecular formula is C16H21ClN8OS. The van der Waals surface area contributed by atoms with Crippen molar-refractivity contribution in [1.29, 1.82) is 0 Å². The van der Waals surface area contributed by atoms with E-state index < -0.39 is 6.04 Å². The standard InChI is InChI=1S/C16H21ClN8OS/c1-9(18)16(26)25-6-4-24(5-7-25)11-8-22-15(14(20)23-11)27-10-2-3-21-13(19)12(10)17/h2-3,8-9H,4-7,18H2,1H3,(H2,19,21)(H2,20,23)/t9-/m0/s1. The molecule has 1 atom stereocenters. The molecule has 1 fully saturated rings. The Kier molecular flexibility index (Phi) is 5.88. The van der Waals surface area contributed by atoms with Crippen LogP contribution in [0.15, 0.2) is 28.4 Å². The number of rotatable bonds is 4. The maximum atomic E-state index is 12.0. The van der Waals surface area contributed by atoms with E-state index in [1.165, 1.54) is 11.8 Å². The van der Waals surface area contributed by atoms with Gasteiger partial charge in [0.25, 0.3) is 0 Å². The first-order valence-corrected chi connectivity index (χ1v) is 9.56. The lowest BCUT2D eigenvalue weighted by Crippen LogP contribution is -2.52. The maximum Gasteiger partial charge on any atom is 0.239 e. The van der Waals surface area contributed by atoms with E-state index in [9.17, 15) is 4.79 Å². The fourth-order valence-corrected chi connectivity index (χ4v) is 3.70. The highest BCUT2D eigenvalue weighted by Gasteiger charge is 2.24. The number of hydrogen-bond acceptors (Lipinski definition) is 9. The Hall–Kier alpha value is -2.30. The molecule has 0 radical (unpaired) electrons. The van der Waals surface area contributed by atoms with Crippen molar-refractivity contribution < 1.29 is 4.79 Å². The van der Waals surface area contributed by atoms with Crippen molar-refractivity contribution in [1.82, 2.24) is 19.9 Å². The number of nitrogens with zero attached hydrogens (tertiary/aromatic N) is 5. The molecule has 0 spiro atoms. The summed E-state index contributed by atoms with van der Waals surface area (Å²) in [5, 5.41) is 0.903. The molecule has 3 rings (SSSR count). The topological polar surface area (TPSA) is 140 Å². The van der Waals surface area contributed by atoms with Gasteiger partial charge in [-0.25, -0.2) is 15.0 Å². The first kappa shape index (κ1) is 19.5. The summed E-state index contributed by atoms with van der Waals surface area (Å²) >= 11 is 7.45. The van der Waals surface area contributed by atoms with Crippen molar-refractivity contribution in [2.75, 3.05) is 42.5 Å². The third-order valence-electron chi connectivity index (χ3n) is 4.14. The summed E-state index contributed by atoms with van der Waals surface area (Å²) in [5.74, 6) is 1.19. The Balaban J connectivity index is 1.69. The Morgan fingerprint density at radius 2 is 1.93 bits per heavy atom. The summed E-state index contributed by atoms with van der Waals surface area (Å²) in [7, 11) is 0. The molecule has 3 heterocycles. The molecule has 0 unspecified atom stereocenters. The highest BCUT2D eigenvalue weighted by atomic mass is 35.5. The largest absolute Gasteiger partial charge is 0.382 e. The zero-order valence-corrected chi connectivity index (χ0v) is 16.4. The Labute approximate surface area is 166 Å². The van der Waals surface area contributed by atoms with E-state index >= 15 is 0 Å². The molecule has 9 nitrogen and oxygen atoms in total. The number of anilines is 3. The molecule has 144 valence electrons. The molecule has 1 amide bonds. The molecule has 0 saturated carbocycles. The van der Waals surface area contributed by atoms with Crippen LogP contribution < -0.4 is 22.1 Å². The lowest BCUT2D eigenvalue weighted by Gasteiger charge is -2.36. The second-order valence-corrected chi connectivity index (χ2v) is 7.54. The zero-order valence-electron chi connectivity index (χ0n) is 14.8. The Morgan fingerprint density at radius 1 is 1.22 bits per heavy atom. The molecule has 2 aromatic heterocycles. The minimum atomic E-state index is -0.489. The van der Waals surface area contributed by atoms with Crippen LogP contribution in [0.3, 0.4) is 0 Å². The van der Waals surface area contributed by atoms with Crippen LogP contribution in [0.1, 0.15) is 6.92 Å². The zero-order chi connectivity index (χ0) is 19.6. The highest BCUT2D eigenvalue weighted by molar-refractivity contribution is 7.99. The maximum absolute atomic E-state index is 12.0. The van der Waals surface area contributed by atoms with Crippen LogP contribution in [-0.4, -0.2) is 58.0 Å². The summed E-state index contributed by atoms with van der Waals surface area (Å²) < 4.78 is 0. The smallest absolute Gasteiger partial charge is 0.239 e. The van der Waals surface area contributed by atoms with Gasteiger partial charge in [0.05, 0.1) is 17.3 Å². The van der Waals surface area contributed by atoms with Crippen LogP contribution in [0.2, 0.25) is 5.02 Å². The van der Waals surface area contributed by atoms with Gasteiger partial charge in [-0.1, -0.05) is 23.4 Å². The van der Waals surface area contributed by atoms with Crippen LogP contribution in [0, 0.1) is 0 Å².